The van der Waals surface area contributed by atoms with Gasteiger partial charge in [-0.1, -0.05) is 186 Å². The molecule has 0 heterocycles. The molecule has 0 rings (SSSR count). The molecule has 1 amide bonds. The lowest BCUT2D eigenvalue weighted by Crippen LogP contribution is -2.46. The standard InChI is InChI=1S/C39H75NO5S/c1-3-5-7-9-11-13-15-17-19-20-21-23-25-27-29-31-33-35-39(42)40-37(36-46(43,44)45)38(41)34-32-30-28-26-24-22-18-16-14-12-10-8-6-4-2/h24,26,32,34,37-38,41H,3-23,25,27-31,33,35-36H2,1-2H3,(H,40,42)(H,43,44,45)/b26-24+,34-32+. The Kier molecular flexibility index (Phi) is 32.8. The number of amides is 1. The van der Waals surface area contributed by atoms with E-state index in [1.54, 1.807) is 0 Å². The van der Waals surface area contributed by atoms with Crippen LogP contribution in [0.4, 0.5) is 0 Å². The molecule has 0 aromatic carbocycles. The van der Waals surface area contributed by atoms with Gasteiger partial charge in [0.05, 0.1) is 17.9 Å². The zero-order valence-electron chi connectivity index (χ0n) is 30.2. The van der Waals surface area contributed by atoms with Crippen LogP contribution in [0, 0.1) is 0 Å². The third-order valence-corrected chi connectivity index (χ3v) is 9.66. The molecule has 0 bridgehead atoms. The molecule has 0 saturated heterocycles. The average molecular weight is 670 g/mol. The maximum absolute atomic E-state index is 12.5. The maximum Gasteiger partial charge on any atom is 0.267 e. The van der Waals surface area contributed by atoms with Crippen LogP contribution in [0.25, 0.3) is 0 Å². The van der Waals surface area contributed by atoms with Gasteiger partial charge in [-0.3, -0.25) is 9.35 Å². The van der Waals surface area contributed by atoms with Crippen molar-refractivity contribution in [2.75, 3.05) is 5.75 Å². The monoisotopic (exact) mass is 670 g/mol. The minimum absolute atomic E-state index is 0.286. The van der Waals surface area contributed by atoms with Crippen molar-refractivity contribution in [3.05, 3.63) is 24.3 Å². The van der Waals surface area contributed by atoms with Gasteiger partial charge in [0.15, 0.2) is 0 Å². The van der Waals surface area contributed by atoms with Crippen LogP contribution >= 0.6 is 0 Å². The molecule has 0 aliphatic rings. The molecule has 0 saturated carbocycles. The molecule has 7 heteroatoms. The van der Waals surface area contributed by atoms with Crippen molar-refractivity contribution in [3.8, 4) is 0 Å². The summed E-state index contributed by atoms with van der Waals surface area (Å²) in [5.41, 5.74) is 0. The number of allylic oxidation sites excluding steroid dienone is 3. The number of rotatable bonds is 35. The zero-order valence-corrected chi connectivity index (χ0v) is 31.0. The second kappa shape index (κ2) is 33.7. The fraction of sp³-hybridized carbons (Fsp3) is 0.872. The van der Waals surface area contributed by atoms with Gasteiger partial charge in [0.1, 0.15) is 0 Å². The minimum atomic E-state index is -4.35. The van der Waals surface area contributed by atoms with Gasteiger partial charge in [0, 0.05) is 6.42 Å². The van der Waals surface area contributed by atoms with Crippen LogP contribution in [0.5, 0.6) is 0 Å². The maximum atomic E-state index is 12.5. The number of hydrogen-bond donors (Lipinski definition) is 3. The minimum Gasteiger partial charge on any atom is -0.387 e. The summed E-state index contributed by atoms with van der Waals surface area (Å²) in [6, 6.07) is -1.07. The molecule has 0 fully saturated rings. The van der Waals surface area contributed by atoms with Crippen LogP contribution in [-0.4, -0.2) is 41.9 Å². The van der Waals surface area contributed by atoms with Gasteiger partial charge >= 0.3 is 0 Å². The van der Waals surface area contributed by atoms with E-state index < -0.39 is 28.0 Å². The number of aliphatic hydroxyl groups excluding tert-OH is 1. The highest BCUT2D eigenvalue weighted by Gasteiger charge is 2.24. The van der Waals surface area contributed by atoms with E-state index in [0.29, 0.717) is 6.42 Å². The predicted octanol–water partition coefficient (Wildman–Crippen LogP) is 11.2. The summed E-state index contributed by atoms with van der Waals surface area (Å²) in [4.78, 5) is 12.5. The second-order valence-electron chi connectivity index (χ2n) is 13.6. The Balaban J connectivity index is 3.96. The van der Waals surface area contributed by atoms with Crippen molar-refractivity contribution in [1.82, 2.24) is 5.32 Å². The quantitative estimate of drug-likeness (QED) is 0.0354. The van der Waals surface area contributed by atoms with E-state index in [2.05, 4.69) is 31.3 Å². The highest BCUT2D eigenvalue weighted by atomic mass is 32.2. The third-order valence-electron chi connectivity index (χ3n) is 8.88. The number of unbranched alkanes of at least 4 members (excludes halogenated alkanes) is 25. The number of nitrogens with one attached hydrogen (secondary N) is 1. The smallest absolute Gasteiger partial charge is 0.267 e. The first-order chi connectivity index (χ1) is 22.3. The molecule has 2 unspecified atom stereocenters. The van der Waals surface area contributed by atoms with Crippen molar-refractivity contribution in [3.63, 3.8) is 0 Å². The molecule has 0 spiro atoms. The van der Waals surface area contributed by atoms with Crippen LogP contribution in [-0.2, 0) is 14.9 Å². The van der Waals surface area contributed by atoms with E-state index in [-0.39, 0.29) is 5.91 Å². The molecule has 0 aliphatic carbocycles. The van der Waals surface area contributed by atoms with Gasteiger partial charge in [-0.25, -0.2) is 0 Å². The first kappa shape index (κ1) is 44.8. The van der Waals surface area contributed by atoms with Crippen molar-refractivity contribution < 1.29 is 22.9 Å². The molecule has 46 heavy (non-hydrogen) atoms. The summed E-state index contributed by atoms with van der Waals surface area (Å²) in [5.74, 6) is -0.993. The number of carbonyl (C=O) groups is 1. The Morgan fingerprint density at radius 2 is 0.935 bits per heavy atom. The lowest BCUT2D eigenvalue weighted by molar-refractivity contribution is -0.122. The molecule has 2 atom stereocenters. The number of carbonyl (C=O) groups excluding carboxylic acids is 1. The zero-order chi connectivity index (χ0) is 34.0. The van der Waals surface area contributed by atoms with Gasteiger partial charge < -0.3 is 10.4 Å². The van der Waals surface area contributed by atoms with Crippen molar-refractivity contribution in [1.29, 1.82) is 0 Å². The fourth-order valence-electron chi connectivity index (χ4n) is 5.94. The first-order valence-corrected chi connectivity index (χ1v) is 21.1. The van der Waals surface area contributed by atoms with E-state index in [1.807, 2.05) is 6.08 Å². The van der Waals surface area contributed by atoms with E-state index in [1.165, 1.54) is 147 Å². The van der Waals surface area contributed by atoms with Crippen LogP contribution in [0.2, 0.25) is 0 Å². The van der Waals surface area contributed by atoms with E-state index in [9.17, 15) is 22.9 Å². The lowest BCUT2D eigenvalue weighted by Gasteiger charge is -2.21. The molecule has 3 N–H and O–H groups in total. The van der Waals surface area contributed by atoms with E-state index in [4.69, 9.17) is 0 Å². The Morgan fingerprint density at radius 3 is 1.37 bits per heavy atom. The summed E-state index contributed by atoms with van der Waals surface area (Å²) in [6.45, 7) is 4.51. The third kappa shape index (κ3) is 34.2. The van der Waals surface area contributed by atoms with Crippen LogP contribution in [0.3, 0.4) is 0 Å². The summed E-state index contributed by atoms with van der Waals surface area (Å²) in [5, 5.41) is 13.2. The Labute approximate surface area is 285 Å². The SMILES string of the molecule is CCCCCCCCCC/C=C/CC/C=C/C(O)C(CS(=O)(=O)O)NC(=O)CCCCCCCCCCCCCCCCCCC. The summed E-state index contributed by atoms with van der Waals surface area (Å²) < 4.78 is 32.4. The van der Waals surface area contributed by atoms with Crippen LogP contribution in [0.1, 0.15) is 200 Å². The molecule has 6 nitrogen and oxygen atoms in total. The highest BCUT2D eigenvalue weighted by Crippen LogP contribution is 2.15. The van der Waals surface area contributed by atoms with Crippen molar-refractivity contribution in [2.45, 2.75) is 212 Å². The normalized spacial score (nSPS) is 13.6. The Morgan fingerprint density at radius 1 is 0.565 bits per heavy atom. The predicted molar refractivity (Wildman–Crippen MR) is 198 cm³/mol. The van der Waals surface area contributed by atoms with Gasteiger partial charge in [0.2, 0.25) is 5.91 Å². The second-order valence-corrected chi connectivity index (χ2v) is 15.1. The van der Waals surface area contributed by atoms with Gasteiger partial charge in [-0.2, -0.15) is 8.42 Å². The Bertz CT molecular complexity index is 826. The molecule has 0 aromatic heterocycles. The van der Waals surface area contributed by atoms with E-state index >= 15 is 0 Å². The Hall–Kier alpha value is -1.18. The summed E-state index contributed by atoms with van der Waals surface area (Å²) in [7, 11) is -4.35. The highest BCUT2D eigenvalue weighted by molar-refractivity contribution is 7.85. The largest absolute Gasteiger partial charge is 0.387 e. The molecular weight excluding hydrogens is 594 g/mol. The summed E-state index contributed by atoms with van der Waals surface area (Å²) >= 11 is 0. The lowest BCUT2D eigenvalue weighted by atomic mass is 10.0. The van der Waals surface area contributed by atoms with Gasteiger partial charge in [-0.15, -0.1) is 0 Å². The summed E-state index contributed by atoms with van der Waals surface area (Å²) in [6.07, 6.45) is 41.6. The van der Waals surface area contributed by atoms with Crippen LogP contribution in [0.15, 0.2) is 24.3 Å². The first-order valence-electron chi connectivity index (χ1n) is 19.5. The molecule has 272 valence electrons. The van der Waals surface area contributed by atoms with E-state index in [0.717, 1.165) is 38.5 Å². The number of hydrogen-bond acceptors (Lipinski definition) is 4. The molecule has 0 aromatic rings. The molecule has 0 aliphatic heterocycles. The van der Waals surface area contributed by atoms with Gasteiger partial charge in [-0.05, 0) is 32.1 Å². The van der Waals surface area contributed by atoms with Crippen molar-refractivity contribution >= 4 is 16.0 Å². The average Bonchev–Trinajstić information content (AvgIpc) is 3.01. The molecular formula is C39H75NO5S. The molecule has 0 radical (unpaired) electrons. The topological polar surface area (TPSA) is 104 Å². The van der Waals surface area contributed by atoms with Gasteiger partial charge in [0.25, 0.3) is 10.1 Å². The van der Waals surface area contributed by atoms with Crippen molar-refractivity contribution in [2.24, 2.45) is 0 Å². The number of aliphatic hydroxyl groups is 1. The van der Waals surface area contributed by atoms with Crippen LogP contribution < -0.4 is 5.32 Å². The fourth-order valence-corrected chi connectivity index (χ4v) is 6.67.